The van der Waals surface area contributed by atoms with Crippen LogP contribution in [-0.2, 0) is 19.1 Å². The molecule has 5 aliphatic rings. The molecule has 1 heterocycles. The number of nitrogens with zero attached hydrogens (tertiary/aromatic N) is 1. The van der Waals surface area contributed by atoms with Crippen molar-refractivity contribution in [2.24, 2.45) is 35.5 Å². The number of likely N-dealkylation sites (tertiary alicyclic amines) is 1. The summed E-state index contributed by atoms with van der Waals surface area (Å²) in [5.74, 6) is 0.894. The summed E-state index contributed by atoms with van der Waals surface area (Å²) >= 11 is 0. The van der Waals surface area contributed by atoms with E-state index in [9.17, 15) is 19.2 Å². The smallest absolute Gasteiger partial charge is 0.306 e. The maximum Gasteiger partial charge on any atom is 0.306 e. The van der Waals surface area contributed by atoms with Crippen LogP contribution in [0.4, 0.5) is 0 Å². The lowest BCUT2D eigenvalue weighted by atomic mass is 9.63. The molecule has 0 radical (unpaired) electrons. The van der Waals surface area contributed by atoms with Crippen molar-refractivity contribution in [1.29, 1.82) is 0 Å². The minimum Gasteiger partial charge on any atom is -0.457 e. The second-order valence-electron chi connectivity index (χ2n) is 10.2. The molecule has 2 bridgehead atoms. The van der Waals surface area contributed by atoms with Crippen LogP contribution in [0.15, 0.2) is 30.4 Å². The predicted molar refractivity (Wildman–Crippen MR) is 121 cm³/mol. The number of carbonyl (C=O) groups is 4. The second kappa shape index (κ2) is 8.54. The summed E-state index contributed by atoms with van der Waals surface area (Å²) in [4.78, 5) is 51.6. The highest BCUT2D eigenvalue weighted by molar-refractivity contribution is 6.06. The predicted octanol–water partition coefficient (Wildman–Crippen LogP) is 3.64. The van der Waals surface area contributed by atoms with Crippen LogP contribution in [0.3, 0.4) is 0 Å². The Morgan fingerprint density at radius 1 is 0.939 bits per heavy atom. The number of ketones is 1. The van der Waals surface area contributed by atoms with Gasteiger partial charge in [-0.15, -0.1) is 0 Å². The molecular formula is C27H31NO5. The maximum atomic E-state index is 12.9. The minimum absolute atomic E-state index is 0.0129. The van der Waals surface area contributed by atoms with Crippen LogP contribution in [-0.4, -0.2) is 41.6 Å². The molecule has 6 unspecified atom stereocenters. The number of esters is 1. The van der Waals surface area contributed by atoms with E-state index in [0.29, 0.717) is 36.8 Å². The number of amides is 2. The molecular weight excluding hydrogens is 418 g/mol. The first-order valence-corrected chi connectivity index (χ1v) is 12.2. The molecule has 0 aromatic heterocycles. The highest BCUT2D eigenvalue weighted by Crippen LogP contribution is 2.65. The lowest BCUT2D eigenvalue weighted by molar-refractivity contribution is -0.143. The van der Waals surface area contributed by atoms with Crippen LogP contribution in [0.5, 0.6) is 0 Å². The fourth-order valence-electron chi connectivity index (χ4n) is 6.17. The van der Waals surface area contributed by atoms with E-state index < -0.39 is 5.97 Å². The van der Waals surface area contributed by atoms with E-state index in [1.165, 1.54) is 11.3 Å². The zero-order valence-corrected chi connectivity index (χ0v) is 19.3. The first-order valence-electron chi connectivity index (χ1n) is 12.2. The van der Waals surface area contributed by atoms with Crippen molar-refractivity contribution in [3.05, 3.63) is 47.0 Å². The van der Waals surface area contributed by atoms with Crippen LogP contribution in [0.2, 0.25) is 0 Å². The van der Waals surface area contributed by atoms with E-state index in [1.807, 2.05) is 26.0 Å². The Bertz CT molecular complexity index is 1010. The van der Waals surface area contributed by atoms with Crippen molar-refractivity contribution in [3.8, 4) is 0 Å². The van der Waals surface area contributed by atoms with E-state index in [4.69, 9.17) is 4.74 Å². The van der Waals surface area contributed by atoms with Crippen molar-refractivity contribution in [2.75, 3.05) is 13.2 Å². The van der Waals surface area contributed by atoms with Crippen molar-refractivity contribution in [3.63, 3.8) is 0 Å². The highest BCUT2D eigenvalue weighted by atomic mass is 16.5. The van der Waals surface area contributed by atoms with Gasteiger partial charge in [0.1, 0.15) is 0 Å². The van der Waals surface area contributed by atoms with Gasteiger partial charge in [0.25, 0.3) is 0 Å². The van der Waals surface area contributed by atoms with Gasteiger partial charge in [0.2, 0.25) is 11.8 Å². The summed E-state index contributed by atoms with van der Waals surface area (Å²) in [5, 5.41) is 0. The van der Waals surface area contributed by atoms with Gasteiger partial charge in [-0.2, -0.15) is 0 Å². The summed E-state index contributed by atoms with van der Waals surface area (Å²) in [6.07, 6.45) is 7.78. The van der Waals surface area contributed by atoms with Crippen LogP contribution in [0, 0.1) is 49.4 Å². The average Bonchev–Trinajstić information content (AvgIpc) is 3.59. The SMILES string of the molecule is Cc1ccc(C(=O)COC(=O)CCCCCN2C(=O)C3C4C=CC(C5CC45)C3C2=O)cc1C. The molecule has 1 aromatic carbocycles. The first kappa shape index (κ1) is 22.1. The molecule has 6 rings (SSSR count). The van der Waals surface area contributed by atoms with E-state index in [1.54, 1.807) is 6.07 Å². The van der Waals surface area contributed by atoms with Crippen LogP contribution < -0.4 is 0 Å². The van der Waals surface area contributed by atoms with Crippen LogP contribution in [0.1, 0.15) is 53.6 Å². The zero-order valence-electron chi connectivity index (χ0n) is 19.3. The highest BCUT2D eigenvalue weighted by Gasteiger charge is 2.66. The second-order valence-corrected chi connectivity index (χ2v) is 10.2. The molecule has 1 aromatic rings. The third-order valence-corrected chi connectivity index (χ3v) is 8.21. The fraction of sp³-hybridized carbons (Fsp3) is 0.556. The molecule has 4 aliphatic carbocycles. The third-order valence-electron chi connectivity index (χ3n) is 8.21. The van der Waals surface area contributed by atoms with Crippen molar-refractivity contribution in [1.82, 2.24) is 4.90 Å². The molecule has 6 atom stereocenters. The molecule has 3 fully saturated rings. The Kier molecular flexibility index (Phi) is 5.71. The number of allylic oxidation sites excluding steroid dienone is 2. The lowest BCUT2D eigenvalue weighted by Gasteiger charge is -2.37. The van der Waals surface area contributed by atoms with Gasteiger partial charge < -0.3 is 4.74 Å². The number of ether oxygens (including phenoxy) is 1. The number of rotatable bonds is 9. The fourth-order valence-corrected chi connectivity index (χ4v) is 6.17. The van der Waals surface area contributed by atoms with Gasteiger partial charge >= 0.3 is 5.97 Å². The number of benzene rings is 1. The number of unbranched alkanes of at least 4 members (excludes halogenated alkanes) is 2. The topological polar surface area (TPSA) is 80.8 Å². The average molecular weight is 450 g/mol. The third kappa shape index (κ3) is 3.94. The Hall–Kier alpha value is -2.76. The maximum absolute atomic E-state index is 12.9. The number of aryl methyl sites for hydroxylation is 2. The molecule has 1 saturated heterocycles. The van der Waals surface area contributed by atoms with Gasteiger partial charge in [-0.3, -0.25) is 24.1 Å². The summed E-state index contributed by atoms with van der Waals surface area (Å²) in [6.45, 7) is 4.10. The first-order chi connectivity index (χ1) is 15.9. The van der Waals surface area contributed by atoms with Gasteiger partial charge in [0.05, 0.1) is 11.8 Å². The number of carbonyl (C=O) groups excluding carboxylic acids is 4. The number of hydrogen-bond donors (Lipinski definition) is 0. The van der Waals surface area contributed by atoms with Crippen molar-refractivity contribution < 1.29 is 23.9 Å². The van der Waals surface area contributed by atoms with E-state index in [-0.39, 0.29) is 54.3 Å². The molecule has 33 heavy (non-hydrogen) atoms. The summed E-state index contributed by atoms with van der Waals surface area (Å²) < 4.78 is 5.14. The quantitative estimate of drug-likeness (QED) is 0.189. The van der Waals surface area contributed by atoms with Crippen LogP contribution >= 0.6 is 0 Å². The van der Waals surface area contributed by atoms with Gasteiger partial charge in [-0.25, -0.2) is 0 Å². The molecule has 0 N–H and O–H groups in total. The van der Waals surface area contributed by atoms with E-state index in [0.717, 1.165) is 17.5 Å². The summed E-state index contributed by atoms with van der Waals surface area (Å²) in [7, 11) is 0. The van der Waals surface area contributed by atoms with Gasteiger partial charge in [-0.05, 0) is 74.0 Å². The number of hydrogen-bond acceptors (Lipinski definition) is 5. The summed E-state index contributed by atoms with van der Waals surface area (Å²) in [6, 6.07) is 5.45. The Labute approximate surface area is 194 Å². The van der Waals surface area contributed by atoms with E-state index >= 15 is 0 Å². The molecule has 0 spiro atoms. The molecule has 2 saturated carbocycles. The minimum atomic E-state index is -0.395. The molecule has 2 amide bonds. The van der Waals surface area contributed by atoms with Crippen molar-refractivity contribution >= 4 is 23.6 Å². The molecule has 6 nitrogen and oxygen atoms in total. The summed E-state index contributed by atoms with van der Waals surface area (Å²) in [5.41, 5.74) is 2.69. The van der Waals surface area contributed by atoms with Gasteiger partial charge in [0.15, 0.2) is 12.4 Å². The Morgan fingerprint density at radius 3 is 2.24 bits per heavy atom. The number of imide groups is 1. The van der Waals surface area contributed by atoms with Crippen molar-refractivity contribution in [2.45, 2.75) is 46.0 Å². The van der Waals surface area contributed by atoms with Gasteiger partial charge in [0, 0.05) is 18.5 Å². The normalized spacial score (nSPS) is 30.9. The van der Waals surface area contributed by atoms with Crippen LogP contribution in [0.25, 0.3) is 0 Å². The largest absolute Gasteiger partial charge is 0.457 e. The standard InChI is InChI=1S/C27H31NO5/c1-15-7-8-17(12-16(15)2)22(29)14-33-23(30)6-4-3-5-11-28-26(31)24-18-9-10-19(21-13-20(18)21)25(24)27(28)32/h7-10,12,18-21,24-25H,3-6,11,13-14H2,1-2H3. The molecule has 1 aliphatic heterocycles. The Morgan fingerprint density at radius 2 is 1.61 bits per heavy atom. The lowest BCUT2D eigenvalue weighted by Crippen LogP contribution is -2.40. The molecule has 174 valence electrons. The monoisotopic (exact) mass is 449 g/mol. The number of Topliss-reactive ketones (excluding diaryl/α,β-unsaturated/α-hetero) is 1. The molecule has 6 heteroatoms. The zero-order chi connectivity index (χ0) is 23.3. The van der Waals surface area contributed by atoms with Gasteiger partial charge in [-0.1, -0.05) is 30.7 Å². The van der Waals surface area contributed by atoms with E-state index in [2.05, 4.69) is 12.2 Å². The Balaban J connectivity index is 1.02.